The fourth-order valence-corrected chi connectivity index (χ4v) is 2.94. The Balaban J connectivity index is 1.86. The summed E-state index contributed by atoms with van der Waals surface area (Å²) in [6, 6.07) is 1.60. The molecule has 1 aromatic heterocycles. The lowest BCUT2D eigenvalue weighted by Crippen LogP contribution is -2.33. The topological polar surface area (TPSA) is 84.0 Å². The van der Waals surface area contributed by atoms with Crippen molar-refractivity contribution in [3.05, 3.63) is 46.5 Å². The van der Waals surface area contributed by atoms with Crippen LogP contribution in [0, 0.1) is 31.3 Å². The van der Waals surface area contributed by atoms with Crippen molar-refractivity contribution in [1.82, 2.24) is 15.3 Å². The zero-order valence-electron chi connectivity index (χ0n) is 15.5. The van der Waals surface area contributed by atoms with Gasteiger partial charge in [0.25, 0.3) is 0 Å². The lowest BCUT2D eigenvalue weighted by Gasteiger charge is -2.11. The van der Waals surface area contributed by atoms with E-state index in [0.29, 0.717) is 17.6 Å². The average Bonchev–Trinajstić information content (AvgIpc) is 2.66. The molecule has 2 aromatic rings. The van der Waals surface area contributed by atoms with Crippen LogP contribution < -0.4 is 10.6 Å². The molecule has 2 amide bonds. The van der Waals surface area contributed by atoms with E-state index in [-0.39, 0.29) is 6.42 Å². The molecule has 0 saturated heterocycles. The van der Waals surface area contributed by atoms with Gasteiger partial charge in [-0.25, -0.2) is 23.1 Å². The van der Waals surface area contributed by atoms with E-state index in [2.05, 4.69) is 20.6 Å². The van der Waals surface area contributed by atoms with Crippen molar-refractivity contribution in [2.75, 3.05) is 18.1 Å². The van der Waals surface area contributed by atoms with Gasteiger partial charge < -0.3 is 10.6 Å². The molecular weight excluding hydrogens is 393 g/mol. The highest BCUT2D eigenvalue weighted by Crippen LogP contribution is 2.19. The Labute approximate surface area is 164 Å². The first-order valence-corrected chi connectivity index (χ1v) is 9.53. The van der Waals surface area contributed by atoms with Crippen LogP contribution in [0.4, 0.5) is 18.9 Å². The molecule has 0 saturated carbocycles. The summed E-state index contributed by atoms with van der Waals surface area (Å²) >= 11 is 1.43. The van der Waals surface area contributed by atoms with Crippen LogP contribution in [0.15, 0.2) is 17.3 Å². The molecular formula is C18H19F3N4O2S. The zero-order chi connectivity index (χ0) is 20.8. The smallest absolute Gasteiger partial charge is 0.243 e. The SMILES string of the molecule is CSc1nc(C)c(CCC(=O)NCC(=O)Nc2ccc(F)c(F)c2F)c(C)n1. The van der Waals surface area contributed by atoms with Crippen LogP contribution in [0.3, 0.4) is 0 Å². The molecule has 0 aliphatic heterocycles. The van der Waals surface area contributed by atoms with Gasteiger partial charge in [0.1, 0.15) is 0 Å². The molecule has 6 nitrogen and oxygen atoms in total. The Morgan fingerprint density at radius 2 is 1.68 bits per heavy atom. The minimum Gasteiger partial charge on any atom is -0.347 e. The van der Waals surface area contributed by atoms with Crippen LogP contribution in [0.25, 0.3) is 0 Å². The van der Waals surface area contributed by atoms with Crippen LogP contribution >= 0.6 is 11.8 Å². The molecule has 0 fully saturated rings. The number of halogens is 3. The van der Waals surface area contributed by atoms with E-state index in [9.17, 15) is 22.8 Å². The maximum Gasteiger partial charge on any atom is 0.243 e. The number of rotatable bonds is 7. The van der Waals surface area contributed by atoms with E-state index in [0.717, 1.165) is 23.0 Å². The van der Waals surface area contributed by atoms with Gasteiger partial charge in [0.2, 0.25) is 11.8 Å². The normalized spacial score (nSPS) is 10.6. The Morgan fingerprint density at radius 3 is 2.29 bits per heavy atom. The van der Waals surface area contributed by atoms with E-state index in [4.69, 9.17) is 0 Å². The van der Waals surface area contributed by atoms with Gasteiger partial charge in [0.05, 0.1) is 12.2 Å². The third-order valence-corrected chi connectivity index (χ3v) is 4.49. The largest absolute Gasteiger partial charge is 0.347 e. The Kier molecular flexibility index (Phi) is 7.38. The van der Waals surface area contributed by atoms with E-state index in [1.165, 1.54) is 11.8 Å². The van der Waals surface area contributed by atoms with Crippen LogP contribution in [0.5, 0.6) is 0 Å². The fraction of sp³-hybridized carbons (Fsp3) is 0.333. The third-order valence-electron chi connectivity index (χ3n) is 3.94. The van der Waals surface area contributed by atoms with Crippen molar-refractivity contribution >= 4 is 29.3 Å². The van der Waals surface area contributed by atoms with Crippen LogP contribution in [0.2, 0.25) is 0 Å². The van der Waals surface area contributed by atoms with Crippen molar-refractivity contribution in [3.8, 4) is 0 Å². The fourth-order valence-electron chi connectivity index (χ4n) is 2.48. The Bertz CT molecular complexity index is 886. The summed E-state index contributed by atoms with van der Waals surface area (Å²) < 4.78 is 39.6. The van der Waals surface area contributed by atoms with Crippen molar-refractivity contribution in [2.45, 2.75) is 31.8 Å². The average molecular weight is 412 g/mol. The zero-order valence-corrected chi connectivity index (χ0v) is 16.3. The number of nitrogens with zero attached hydrogens (tertiary/aromatic N) is 2. The monoisotopic (exact) mass is 412 g/mol. The summed E-state index contributed by atoms with van der Waals surface area (Å²) in [6.07, 6.45) is 2.38. The molecule has 0 atom stereocenters. The van der Waals surface area contributed by atoms with Gasteiger partial charge in [-0.15, -0.1) is 0 Å². The number of carbonyl (C=O) groups is 2. The van der Waals surface area contributed by atoms with E-state index < -0.39 is 41.5 Å². The number of aryl methyl sites for hydroxylation is 2. The minimum atomic E-state index is -1.68. The number of hydrogen-bond acceptors (Lipinski definition) is 5. The lowest BCUT2D eigenvalue weighted by atomic mass is 10.1. The molecule has 2 rings (SSSR count). The molecule has 0 aliphatic rings. The maximum absolute atomic E-state index is 13.5. The molecule has 2 N–H and O–H groups in total. The highest BCUT2D eigenvalue weighted by atomic mass is 32.2. The summed E-state index contributed by atoms with van der Waals surface area (Å²) in [6.45, 7) is 3.24. The van der Waals surface area contributed by atoms with E-state index in [1.54, 1.807) is 0 Å². The minimum absolute atomic E-state index is 0.108. The second-order valence-electron chi connectivity index (χ2n) is 5.91. The Morgan fingerprint density at radius 1 is 1.04 bits per heavy atom. The number of carbonyl (C=O) groups excluding carboxylic acids is 2. The van der Waals surface area contributed by atoms with Gasteiger partial charge in [-0.05, 0) is 44.2 Å². The van der Waals surface area contributed by atoms with Gasteiger partial charge in [0.15, 0.2) is 22.6 Å². The maximum atomic E-state index is 13.5. The number of nitrogens with one attached hydrogen (secondary N) is 2. The first-order chi connectivity index (χ1) is 13.2. The predicted molar refractivity (Wildman–Crippen MR) is 99.6 cm³/mol. The molecule has 1 heterocycles. The number of thioether (sulfide) groups is 1. The number of hydrogen-bond donors (Lipinski definition) is 2. The molecule has 0 unspecified atom stereocenters. The van der Waals surface area contributed by atoms with Crippen molar-refractivity contribution in [3.63, 3.8) is 0 Å². The predicted octanol–water partition coefficient (Wildman–Crippen LogP) is 2.92. The van der Waals surface area contributed by atoms with Gasteiger partial charge in [-0.3, -0.25) is 9.59 Å². The van der Waals surface area contributed by atoms with Gasteiger partial charge in [-0.2, -0.15) is 0 Å². The highest BCUT2D eigenvalue weighted by Gasteiger charge is 2.16. The number of benzene rings is 1. The first-order valence-electron chi connectivity index (χ1n) is 8.31. The summed E-state index contributed by atoms with van der Waals surface area (Å²) in [4.78, 5) is 32.4. The van der Waals surface area contributed by atoms with Crippen molar-refractivity contribution < 1.29 is 22.8 Å². The summed E-state index contributed by atoms with van der Waals surface area (Å²) in [7, 11) is 0. The van der Waals surface area contributed by atoms with Crippen molar-refractivity contribution in [2.24, 2.45) is 0 Å². The molecule has 0 bridgehead atoms. The van der Waals surface area contributed by atoms with Crippen molar-refractivity contribution in [1.29, 1.82) is 0 Å². The van der Waals surface area contributed by atoms with Crippen LogP contribution in [0.1, 0.15) is 23.4 Å². The lowest BCUT2D eigenvalue weighted by molar-refractivity contribution is -0.124. The summed E-state index contributed by atoms with van der Waals surface area (Å²) in [5.41, 5.74) is 1.93. The highest BCUT2D eigenvalue weighted by molar-refractivity contribution is 7.98. The number of anilines is 1. The second kappa shape index (κ2) is 9.54. The third kappa shape index (κ3) is 5.44. The molecule has 0 aliphatic carbocycles. The molecule has 0 spiro atoms. The number of amides is 2. The molecule has 0 radical (unpaired) electrons. The molecule has 1 aromatic carbocycles. The van der Waals surface area contributed by atoms with E-state index >= 15 is 0 Å². The molecule has 10 heteroatoms. The summed E-state index contributed by atoms with van der Waals surface area (Å²) in [5, 5.41) is 5.13. The van der Waals surface area contributed by atoms with Gasteiger partial charge in [-0.1, -0.05) is 11.8 Å². The van der Waals surface area contributed by atoms with Crippen LogP contribution in [-0.2, 0) is 16.0 Å². The van der Waals surface area contributed by atoms with Gasteiger partial charge in [0, 0.05) is 17.8 Å². The van der Waals surface area contributed by atoms with Crippen LogP contribution in [-0.4, -0.2) is 34.6 Å². The summed E-state index contributed by atoms with van der Waals surface area (Å²) in [5.74, 6) is -5.70. The number of aromatic nitrogens is 2. The Hall–Kier alpha value is -2.62. The van der Waals surface area contributed by atoms with Gasteiger partial charge >= 0.3 is 0 Å². The van der Waals surface area contributed by atoms with E-state index in [1.807, 2.05) is 20.1 Å². The standard InChI is InChI=1S/C18H19F3N4O2S/c1-9-11(10(2)24-18(23-9)28-3)4-7-14(26)22-8-15(27)25-13-6-5-12(19)16(20)17(13)21/h5-6H,4,7-8H2,1-3H3,(H,22,26)(H,25,27). The first kappa shape index (κ1) is 21.7. The second-order valence-corrected chi connectivity index (χ2v) is 6.68. The molecule has 150 valence electrons. The molecule has 28 heavy (non-hydrogen) atoms. The quantitative estimate of drug-likeness (QED) is 0.415.